The number of methoxy groups -OCH3 is 2. The fourth-order valence-corrected chi connectivity index (χ4v) is 3.26. The van der Waals surface area contributed by atoms with Gasteiger partial charge in [0.25, 0.3) is 5.56 Å². The van der Waals surface area contributed by atoms with Gasteiger partial charge >= 0.3 is 6.16 Å². The highest BCUT2D eigenvalue weighted by molar-refractivity contribution is 5.88. The van der Waals surface area contributed by atoms with E-state index in [0.717, 1.165) is 4.80 Å². The lowest BCUT2D eigenvalue weighted by Crippen LogP contribution is -2.23. The van der Waals surface area contributed by atoms with Crippen molar-refractivity contribution in [3.8, 4) is 11.5 Å². The molecule has 172 valence electrons. The third kappa shape index (κ3) is 4.36. The van der Waals surface area contributed by atoms with Gasteiger partial charge in [-0.25, -0.2) is 4.79 Å². The Balaban J connectivity index is 2.09. The number of carbonyl (C=O) groups excluding carboxylic acids is 1. The van der Waals surface area contributed by atoms with Crippen LogP contribution in [0.3, 0.4) is 0 Å². The maximum Gasteiger partial charge on any atom is 0.510 e. The van der Waals surface area contributed by atoms with Crippen LogP contribution in [0.15, 0.2) is 21.7 Å². The summed E-state index contributed by atoms with van der Waals surface area (Å²) in [5.74, 6) is 0.677. The minimum absolute atomic E-state index is 0.163. The van der Waals surface area contributed by atoms with Gasteiger partial charge in [0, 0.05) is 12.5 Å². The van der Waals surface area contributed by atoms with Crippen molar-refractivity contribution < 1.29 is 23.7 Å². The zero-order valence-electron chi connectivity index (χ0n) is 18.6. The summed E-state index contributed by atoms with van der Waals surface area (Å²) in [4.78, 5) is 41.8. The van der Waals surface area contributed by atoms with Gasteiger partial charge in [-0.3, -0.25) is 9.59 Å². The molecule has 0 amide bonds. The molecule has 0 fully saturated rings. The summed E-state index contributed by atoms with van der Waals surface area (Å²) in [6.45, 7) is 5.55. The summed E-state index contributed by atoms with van der Waals surface area (Å²) in [5, 5.41) is 8.48. The van der Waals surface area contributed by atoms with E-state index in [1.807, 2.05) is 13.8 Å². The van der Waals surface area contributed by atoms with Gasteiger partial charge in [0.05, 0.1) is 25.1 Å². The molecular formula is C21H26N4O7. The van der Waals surface area contributed by atoms with Gasteiger partial charge in [0.2, 0.25) is 11.7 Å². The molecule has 2 aromatic heterocycles. The maximum atomic E-state index is 13.2. The second-order valence-corrected chi connectivity index (χ2v) is 7.04. The molecule has 32 heavy (non-hydrogen) atoms. The zero-order valence-corrected chi connectivity index (χ0v) is 18.6. The van der Waals surface area contributed by atoms with Crippen molar-refractivity contribution >= 4 is 28.1 Å². The van der Waals surface area contributed by atoms with E-state index in [-0.39, 0.29) is 28.0 Å². The molecule has 0 spiro atoms. The van der Waals surface area contributed by atoms with Gasteiger partial charge in [-0.1, -0.05) is 20.8 Å². The number of benzene rings is 1. The summed E-state index contributed by atoms with van der Waals surface area (Å²) in [6, 6.07) is 2.96. The minimum atomic E-state index is -0.950. The Morgan fingerprint density at radius 2 is 1.59 bits per heavy atom. The number of carbonyl (C=O) groups is 1. The highest BCUT2D eigenvalue weighted by atomic mass is 16.7. The molecule has 0 aliphatic heterocycles. The predicted molar refractivity (Wildman–Crippen MR) is 116 cm³/mol. The highest BCUT2D eigenvalue weighted by Gasteiger charge is 2.23. The number of fused-ring (bicyclic) bond motifs is 2. The topological polar surface area (TPSA) is 135 Å². The van der Waals surface area contributed by atoms with Gasteiger partial charge in [0.15, 0.2) is 22.5 Å². The number of hydrogen-bond donors (Lipinski definition) is 1. The molecule has 3 rings (SSSR count). The van der Waals surface area contributed by atoms with Crippen molar-refractivity contribution in [1.29, 1.82) is 0 Å². The normalized spacial score (nSPS) is 12.2. The molecule has 3 aromatic rings. The molecule has 0 saturated carbocycles. The van der Waals surface area contributed by atoms with Gasteiger partial charge < -0.3 is 23.9 Å². The van der Waals surface area contributed by atoms with E-state index in [4.69, 9.17) is 18.9 Å². The average molecular weight is 446 g/mol. The van der Waals surface area contributed by atoms with Crippen LogP contribution in [0.4, 0.5) is 4.79 Å². The first-order valence-electron chi connectivity index (χ1n) is 10.3. The number of rotatable bonds is 8. The van der Waals surface area contributed by atoms with Crippen LogP contribution in [-0.4, -0.2) is 46.5 Å². The summed E-state index contributed by atoms with van der Waals surface area (Å²) in [6.07, 6.45) is -0.482. The first kappa shape index (κ1) is 23.0. The molecule has 1 atom stereocenters. The lowest BCUT2D eigenvalue weighted by Gasteiger charge is -2.18. The van der Waals surface area contributed by atoms with Crippen molar-refractivity contribution in [3.63, 3.8) is 0 Å². The minimum Gasteiger partial charge on any atom is -0.493 e. The summed E-state index contributed by atoms with van der Waals surface area (Å²) in [7, 11) is 2.89. The number of H-pyrrole nitrogens is 1. The van der Waals surface area contributed by atoms with Crippen molar-refractivity contribution in [1.82, 2.24) is 20.0 Å². The number of hydrogen-bond acceptors (Lipinski definition) is 9. The molecule has 0 aliphatic carbocycles. The second kappa shape index (κ2) is 9.67. The lowest BCUT2D eigenvalue weighted by atomic mass is 10.2. The first-order chi connectivity index (χ1) is 15.4. The van der Waals surface area contributed by atoms with Crippen LogP contribution in [-0.2, 0) is 9.47 Å². The van der Waals surface area contributed by atoms with Crippen molar-refractivity contribution in [2.24, 2.45) is 0 Å². The number of aromatic amines is 1. The quantitative estimate of drug-likeness (QED) is 0.518. The number of nitrogens with zero attached hydrogens (tertiary/aromatic N) is 3. The molecule has 11 nitrogen and oxygen atoms in total. The third-order valence-electron chi connectivity index (χ3n) is 5.09. The van der Waals surface area contributed by atoms with Crippen molar-refractivity contribution in [2.45, 2.75) is 52.4 Å². The molecule has 0 aliphatic rings. The SMILES string of the molecule is CCC(CC)OC(=O)OC(CC)n1nc2c(=O)[nH]c3cc(OC)c(OC)cc3c(=O)c2n1. The molecule has 0 saturated heterocycles. The fourth-order valence-electron chi connectivity index (χ4n) is 3.26. The van der Waals surface area contributed by atoms with Crippen molar-refractivity contribution in [2.75, 3.05) is 14.2 Å². The van der Waals surface area contributed by atoms with Gasteiger partial charge in [0.1, 0.15) is 6.10 Å². The van der Waals surface area contributed by atoms with Crippen LogP contribution in [0, 0.1) is 0 Å². The lowest BCUT2D eigenvalue weighted by molar-refractivity contribution is -0.0353. The predicted octanol–water partition coefficient (Wildman–Crippen LogP) is 2.90. The Labute approximate surface area is 183 Å². The van der Waals surface area contributed by atoms with Gasteiger partial charge in [-0.15, -0.1) is 15.0 Å². The molecule has 1 aromatic carbocycles. The van der Waals surface area contributed by atoms with Crippen LogP contribution in [0.25, 0.3) is 21.9 Å². The van der Waals surface area contributed by atoms with E-state index in [1.54, 1.807) is 6.92 Å². The Hall–Kier alpha value is -3.63. The monoisotopic (exact) mass is 446 g/mol. The Morgan fingerprint density at radius 1 is 0.969 bits per heavy atom. The molecule has 2 heterocycles. The van der Waals surface area contributed by atoms with Crippen LogP contribution in [0.1, 0.15) is 46.3 Å². The Bertz CT molecular complexity index is 1250. The molecule has 1 unspecified atom stereocenters. The van der Waals surface area contributed by atoms with Crippen LogP contribution < -0.4 is 20.5 Å². The number of nitrogens with one attached hydrogen (secondary N) is 1. The summed E-state index contributed by atoms with van der Waals surface area (Å²) >= 11 is 0. The average Bonchev–Trinajstić information content (AvgIpc) is 3.22. The van der Waals surface area contributed by atoms with Crippen LogP contribution in [0.2, 0.25) is 0 Å². The molecule has 1 N–H and O–H groups in total. The largest absolute Gasteiger partial charge is 0.510 e. The van der Waals surface area contributed by atoms with Gasteiger partial charge in [-0.05, 0) is 18.9 Å². The molecule has 0 radical (unpaired) electrons. The number of aromatic nitrogens is 4. The van der Waals surface area contributed by atoms with E-state index in [9.17, 15) is 14.4 Å². The second-order valence-electron chi connectivity index (χ2n) is 7.04. The van der Waals surface area contributed by atoms with Crippen LogP contribution in [0.5, 0.6) is 11.5 Å². The van der Waals surface area contributed by atoms with E-state index < -0.39 is 23.4 Å². The molecule has 0 bridgehead atoms. The molecular weight excluding hydrogens is 420 g/mol. The van der Waals surface area contributed by atoms with E-state index in [2.05, 4.69) is 15.2 Å². The van der Waals surface area contributed by atoms with Crippen molar-refractivity contribution in [3.05, 3.63) is 32.7 Å². The zero-order chi connectivity index (χ0) is 23.4. The summed E-state index contributed by atoms with van der Waals surface area (Å²) in [5.41, 5.74) is -1.25. The van der Waals surface area contributed by atoms with E-state index in [1.165, 1.54) is 26.4 Å². The highest BCUT2D eigenvalue weighted by Crippen LogP contribution is 2.29. The first-order valence-corrected chi connectivity index (χ1v) is 10.3. The fraction of sp³-hybridized carbons (Fsp3) is 0.476. The third-order valence-corrected chi connectivity index (χ3v) is 5.09. The standard InChI is InChI=1S/C21H26N4O7/c1-6-11(7-2)31-21(28)32-16(8-3)25-23-17-18(24-25)20(27)22-13-10-15(30-5)14(29-4)9-12(13)19(17)26/h9-11,16H,6-8H2,1-5H3,(H,22,27). The van der Waals surface area contributed by atoms with E-state index in [0.29, 0.717) is 30.8 Å². The van der Waals surface area contributed by atoms with E-state index >= 15 is 0 Å². The van der Waals surface area contributed by atoms with Crippen LogP contribution >= 0.6 is 0 Å². The Morgan fingerprint density at radius 3 is 2.19 bits per heavy atom. The summed E-state index contributed by atoms with van der Waals surface area (Å²) < 4.78 is 21.1. The maximum absolute atomic E-state index is 13.2. The number of ether oxygens (including phenoxy) is 4. The Kier molecular flexibility index (Phi) is 6.96. The van der Waals surface area contributed by atoms with Gasteiger partial charge in [-0.2, -0.15) is 0 Å². The molecule has 11 heteroatoms. The smallest absolute Gasteiger partial charge is 0.493 e.